The van der Waals surface area contributed by atoms with Gasteiger partial charge < -0.3 is 5.11 Å². The first-order valence-electron chi connectivity index (χ1n) is 5.84. The normalized spacial score (nSPS) is 22.5. The second kappa shape index (κ2) is 6.20. The molecular formula is C10H14N4O3S2. The van der Waals surface area contributed by atoms with E-state index in [2.05, 4.69) is 14.9 Å². The number of nitrogens with zero attached hydrogens (tertiary/aromatic N) is 3. The fourth-order valence-corrected chi connectivity index (χ4v) is 3.81. The summed E-state index contributed by atoms with van der Waals surface area (Å²) in [4.78, 5) is 24.8. The van der Waals surface area contributed by atoms with Crippen LogP contribution < -0.4 is 5.32 Å². The monoisotopic (exact) mass is 302 g/mol. The molecule has 1 aliphatic heterocycles. The van der Waals surface area contributed by atoms with Crippen molar-refractivity contribution in [1.82, 2.24) is 14.5 Å². The van der Waals surface area contributed by atoms with E-state index in [0.29, 0.717) is 10.8 Å². The van der Waals surface area contributed by atoms with Crippen LogP contribution in [0.15, 0.2) is 6.20 Å². The quantitative estimate of drug-likeness (QED) is 0.879. The molecule has 1 aromatic rings. The number of carboxylic acid groups (broad SMARTS) is 1. The zero-order valence-electron chi connectivity index (χ0n) is 10.3. The van der Waals surface area contributed by atoms with Crippen molar-refractivity contribution in [2.75, 3.05) is 11.1 Å². The number of hydrogen-bond acceptors (Lipinski definition) is 6. The molecule has 0 aliphatic carbocycles. The van der Waals surface area contributed by atoms with Crippen LogP contribution >= 0.6 is 23.3 Å². The van der Waals surface area contributed by atoms with Gasteiger partial charge in [-0.05, 0) is 6.42 Å². The fraction of sp³-hybridized carbons (Fsp3) is 0.600. The van der Waals surface area contributed by atoms with Crippen LogP contribution in [0.2, 0.25) is 0 Å². The highest BCUT2D eigenvalue weighted by Crippen LogP contribution is 2.32. The third-order valence-corrected chi connectivity index (χ3v) is 4.68. The number of carbonyl (C=O) groups excluding carboxylic acids is 1. The van der Waals surface area contributed by atoms with Crippen molar-refractivity contribution in [3.63, 3.8) is 0 Å². The molecule has 104 valence electrons. The summed E-state index contributed by atoms with van der Waals surface area (Å²) in [5.74, 6) is -0.544. The standard InChI is InChI=1S/C10H14N4O3S2/c1-2-3-8-14(6(5-18-8)9(15)16)10(17)12-7-4-11-13-19-7/h4,6,8H,2-3,5H2,1H3,(H,12,17)(H,15,16). The van der Waals surface area contributed by atoms with E-state index in [4.69, 9.17) is 0 Å². The first kappa shape index (κ1) is 14.1. The van der Waals surface area contributed by atoms with E-state index in [1.807, 2.05) is 6.92 Å². The number of rotatable bonds is 4. The second-order valence-electron chi connectivity index (χ2n) is 4.05. The average Bonchev–Trinajstić information content (AvgIpc) is 2.98. The number of carboxylic acids is 1. The van der Waals surface area contributed by atoms with Crippen molar-refractivity contribution in [3.8, 4) is 0 Å². The number of urea groups is 1. The first-order chi connectivity index (χ1) is 9.13. The molecule has 2 atom stereocenters. The van der Waals surface area contributed by atoms with Crippen LogP contribution in [0.25, 0.3) is 0 Å². The van der Waals surface area contributed by atoms with Gasteiger partial charge in [-0.1, -0.05) is 17.8 Å². The number of nitrogens with one attached hydrogen (secondary N) is 1. The molecule has 1 aromatic heterocycles. The largest absolute Gasteiger partial charge is 0.480 e. The summed E-state index contributed by atoms with van der Waals surface area (Å²) in [5.41, 5.74) is 0. The Balaban J connectivity index is 2.11. The van der Waals surface area contributed by atoms with Crippen molar-refractivity contribution in [1.29, 1.82) is 0 Å². The maximum absolute atomic E-state index is 12.2. The smallest absolute Gasteiger partial charge is 0.327 e. The van der Waals surface area contributed by atoms with Crippen LogP contribution in [0, 0.1) is 0 Å². The van der Waals surface area contributed by atoms with E-state index < -0.39 is 18.0 Å². The Morgan fingerprint density at radius 2 is 2.42 bits per heavy atom. The van der Waals surface area contributed by atoms with E-state index in [9.17, 15) is 14.7 Å². The highest BCUT2D eigenvalue weighted by atomic mass is 32.2. The molecule has 1 saturated heterocycles. The molecule has 0 spiro atoms. The van der Waals surface area contributed by atoms with Crippen molar-refractivity contribution in [2.24, 2.45) is 0 Å². The van der Waals surface area contributed by atoms with Gasteiger partial charge in [0, 0.05) is 17.3 Å². The summed E-state index contributed by atoms with van der Waals surface area (Å²) in [6.07, 6.45) is 3.12. The van der Waals surface area contributed by atoms with Crippen LogP contribution in [0.3, 0.4) is 0 Å². The summed E-state index contributed by atoms with van der Waals surface area (Å²) in [5, 5.41) is 15.9. The lowest BCUT2D eigenvalue weighted by Gasteiger charge is -2.26. The van der Waals surface area contributed by atoms with E-state index in [1.165, 1.54) is 22.9 Å². The highest BCUT2D eigenvalue weighted by molar-refractivity contribution is 8.00. The molecule has 9 heteroatoms. The van der Waals surface area contributed by atoms with Gasteiger partial charge in [0.05, 0.1) is 11.6 Å². The molecule has 1 fully saturated rings. The molecular weight excluding hydrogens is 288 g/mol. The number of thioether (sulfide) groups is 1. The van der Waals surface area contributed by atoms with Gasteiger partial charge in [0.2, 0.25) is 0 Å². The maximum atomic E-state index is 12.2. The highest BCUT2D eigenvalue weighted by Gasteiger charge is 2.41. The molecule has 2 amide bonds. The molecule has 2 unspecified atom stereocenters. The minimum absolute atomic E-state index is 0.0908. The van der Waals surface area contributed by atoms with Crippen molar-refractivity contribution in [2.45, 2.75) is 31.2 Å². The predicted molar refractivity (Wildman–Crippen MR) is 73.3 cm³/mol. The van der Waals surface area contributed by atoms with Gasteiger partial charge in [-0.2, -0.15) is 0 Å². The molecule has 1 aliphatic rings. The lowest BCUT2D eigenvalue weighted by molar-refractivity contribution is -0.141. The average molecular weight is 302 g/mol. The van der Waals surface area contributed by atoms with Gasteiger partial charge >= 0.3 is 12.0 Å². The molecule has 0 saturated carbocycles. The van der Waals surface area contributed by atoms with Gasteiger partial charge in [-0.25, -0.2) is 9.59 Å². The van der Waals surface area contributed by atoms with Gasteiger partial charge in [0.25, 0.3) is 0 Å². The van der Waals surface area contributed by atoms with Crippen LogP contribution in [0.5, 0.6) is 0 Å². The minimum atomic E-state index is -0.969. The summed E-state index contributed by atoms with van der Waals surface area (Å²) < 4.78 is 3.65. The Labute approximate surface area is 118 Å². The Bertz CT molecular complexity index is 454. The summed E-state index contributed by atoms with van der Waals surface area (Å²) in [6, 6.07) is -1.18. The second-order valence-corrected chi connectivity index (χ2v) is 6.05. The van der Waals surface area contributed by atoms with E-state index in [0.717, 1.165) is 24.4 Å². The Morgan fingerprint density at radius 1 is 1.63 bits per heavy atom. The lowest BCUT2D eigenvalue weighted by atomic mass is 10.2. The van der Waals surface area contributed by atoms with Crippen LogP contribution in [-0.2, 0) is 4.79 Å². The van der Waals surface area contributed by atoms with Crippen LogP contribution in [0.1, 0.15) is 19.8 Å². The van der Waals surface area contributed by atoms with Gasteiger partial charge in [-0.15, -0.1) is 16.9 Å². The molecule has 2 N–H and O–H groups in total. The zero-order chi connectivity index (χ0) is 13.8. The van der Waals surface area contributed by atoms with Crippen LogP contribution in [0.4, 0.5) is 9.80 Å². The zero-order valence-corrected chi connectivity index (χ0v) is 11.9. The molecule has 2 heterocycles. The van der Waals surface area contributed by atoms with Gasteiger partial charge in [0.15, 0.2) is 0 Å². The maximum Gasteiger partial charge on any atom is 0.327 e. The number of amides is 2. The summed E-state index contributed by atoms with van der Waals surface area (Å²) >= 11 is 2.57. The Morgan fingerprint density at radius 3 is 3.00 bits per heavy atom. The molecule has 0 bridgehead atoms. The summed E-state index contributed by atoms with van der Waals surface area (Å²) in [6.45, 7) is 2.01. The molecule has 19 heavy (non-hydrogen) atoms. The number of anilines is 1. The van der Waals surface area contributed by atoms with Crippen molar-refractivity contribution >= 4 is 40.3 Å². The SMILES string of the molecule is CCCC1SCC(C(=O)O)N1C(=O)Nc1cnns1. The van der Waals surface area contributed by atoms with E-state index in [1.54, 1.807) is 0 Å². The number of aromatic nitrogens is 2. The van der Waals surface area contributed by atoms with Gasteiger partial charge in [0.1, 0.15) is 11.0 Å². The van der Waals surface area contributed by atoms with Crippen molar-refractivity contribution in [3.05, 3.63) is 6.20 Å². The van der Waals surface area contributed by atoms with Crippen LogP contribution in [-0.4, -0.2) is 48.8 Å². The topological polar surface area (TPSA) is 95.4 Å². The molecule has 0 radical (unpaired) electrons. The number of carbonyl (C=O) groups is 2. The minimum Gasteiger partial charge on any atom is -0.480 e. The Kier molecular flexibility index (Phi) is 4.59. The summed E-state index contributed by atoms with van der Waals surface area (Å²) in [7, 11) is 0. The lowest BCUT2D eigenvalue weighted by Crippen LogP contribution is -2.47. The van der Waals surface area contributed by atoms with E-state index >= 15 is 0 Å². The van der Waals surface area contributed by atoms with Gasteiger partial charge in [-0.3, -0.25) is 10.2 Å². The molecule has 7 nitrogen and oxygen atoms in total. The first-order valence-corrected chi connectivity index (χ1v) is 7.66. The third-order valence-electron chi connectivity index (χ3n) is 2.74. The number of hydrogen-bond donors (Lipinski definition) is 2. The Hall–Kier alpha value is -1.35. The molecule has 2 rings (SSSR count). The number of aliphatic carboxylic acids is 1. The third kappa shape index (κ3) is 3.16. The fourth-order valence-electron chi connectivity index (χ4n) is 1.89. The molecule has 0 aromatic carbocycles. The van der Waals surface area contributed by atoms with Crippen molar-refractivity contribution < 1.29 is 14.7 Å². The van der Waals surface area contributed by atoms with E-state index in [-0.39, 0.29) is 5.37 Å². The predicted octanol–water partition coefficient (Wildman–Crippen LogP) is 1.70.